The molecule has 1 N–H and O–H groups in total. The minimum absolute atomic E-state index is 0.731. The molecule has 2 heterocycles. The summed E-state index contributed by atoms with van der Waals surface area (Å²) in [5.41, 5.74) is 1.21. The molecule has 0 atom stereocenters. The lowest BCUT2D eigenvalue weighted by Gasteiger charge is -1.83. The molecule has 0 saturated carbocycles. The first-order valence-corrected chi connectivity index (χ1v) is 5.32. The number of halogens is 1. The highest BCUT2D eigenvalue weighted by atomic mass is 35.5. The molecule has 3 aromatic rings. The zero-order valence-electron chi connectivity index (χ0n) is 8.60. The number of nitrogens with zero attached hydrogens (tertiary/aromatic N) is 1. The molecule has 2 aromatic heterocycles. The predicted octanol–water partition coefficient (Wildman–Crippen LogP) is 3.90. The lowest BCUT2D eigenvalue weighted by atomic mass is 10.3. The number of pyridine rings is 1. The van der Waals surface area contributed by atoms with Gasteiger partial charge in [0.05, 0.1) is 0 Å². The van der Waals surface area contributed by atoms with Gasteiger partial charge in [0.25, 0.3) is 0 Å². The van der Waals surface area contributed by atoms with Gasteiger partial charge in [0.1, 0.15) is 0 Å². The number of hydrogen-bond acceptors (Lipinski definition) is 1. The monoisotopic (exact) mass is 230 g/mol. The van der Waals surface area contributed by atoms with Crippen molar-refractivity contribution in [2.45, 2.75) is 0 Å². The van der Waals surface area contributed by atoms with Gasteiger partial charge >= 0.3 is 0 Å². The number of nitrogens with one attached hydrogen (secondary N) is 1. The molecule has 3 heteroatoms. The number of H-pyrrole nitrogens is 1. The first kappa shape index (κ1) is 10.7. The summed E-state index contributed by atoms with van der Waals surface area (Å²) in [6.45, 7) is 0. The zero-order valence-corrected chi connectivity index (χ0v) is 9.35. The van der Waals surface area contributed by atoms with Crippen LogP contribution in [0.15, 0.2) is 61.1 Å². The molecule has 16 heavy (non-hydrogen) atoms. The molecule has 0 saturated heterocycles. The van der Waals surface area contributed by atoms with Crippen molar-refractivity contribution in [2.75, 3.05) is 0 Å². The van der Waals surface area contributed by atoms with Gasteiger partial charge in [0, 0.05) is 29.1 Å². The van der Waals surface area contributed by atoms with Crippen molar-refractivity contribution in [1.29, 1.82) is 0 Å². The highest BCUT2D eigenvalue weighted by Gasteiger charge is 1.86. The Bertz CT molecular complexity index is 516. The van der Waals surface area contributed by atoms with Crippen molar-refractivity contribution in [2.24, 2.45) is 0 Å². The van der Waals surface area contributed by atoms with Gasteiger partial charge in [-0.3, -0.25) is 4.98 Å². The Labute approximate surface area is 98.9 Å². The van der Waals surface area contributed by atoms with E-state index < -0.39 is 0 Å². The van der Waals surface area contributed by atoms with Crippen molar-refractivity contribution in [1.82, 2.24) is 9.97 Å². The Morgan fingerprint density at radius 1 is 0.938 bits per heavy atom. The van der Waals surface area contributed by atoms with E-state index in [0.29, 0.717) is 0 Å². The smallest absolute Gasteiger partial charge is 0.0453 e. The molecule has 3 rings (SSSR count). The maximum absolute atomic E-state index is 5.50. The average molecular weight is 231 g/mol. The Hall–Kier alpha value is -1.80. The number of benzene rings is 1. The van der Waals surface area contributed by atoms with Gasteiger partial charge in [-0.2, -0.15) is 0 Å². The fourth-order valence-electron chi connectivity index (χ4n) is 1.33. The molecule has 0 spiro atoms. The Kier molecular flexibility index (Phi) is 3.57. The summed E-state index contributed by atoms with van der Waals surface area (Å²) < 4.78 is 0. The number of hydrogen-bond donors (Lipinski definition) is 1. The summed E-state index contributed by atoms with van der Waals surface area (Å²) in [4.78, 5) is 6.88. The zero-order chi connectivity index (χ0) is 11.2. The van der Waals surface area contributed by atoms with Crippen molar-refractivity contribution in [3.8, 4) is 0 Å². The lowest BCUT2D eigenvalue weighted by Crippen LogP contribution is -1.63. The maximum Gasteiger partial charge on any atom is 0.0453 e. The van der Waals surface area contributed by atoms with Gasteiger partial charge in [0.2, 0.25) is 0 Å². The number of aromatic amines is 1. The molecular formula is C13H11ClN2. The van der Waals surface area contributed by atoms with Crippen LogP contribution >= 0.6 is 11.6 Å². The topological polar surface area (TPSA) is 28.7 Å². The third-order valence-electron chi connectivity index (χ3n) is 2.10. The molecular weight excluding hydrogens is 220 g/mol. The van der Waals surface area contributed by atoms with E-state index >= 15 is 0 Å². The maximum atomic E-state index is 5.50. The van der Waals surface area contributed by atoms with E-state index in [1.165, 1.54) is 10.9 Å². The highest BCUT2D eigenvalue weighted by molar-refractivity contribution is 6.30. The van der Waals surface area contributed by atoms with Crippen molar-refractivity contribution < 1.29 is 0 Å². The predicted molar refractivity (Wildman–Crippen MR) is 67.5 cm³/mol. The molecule has 0 amide bonds. The van der Waals surface area contributed by atoms with Gasteiger partial charge in [-0.15, -0.1) is 0 Å². The molecule has 0 aliphatic heterocycles. The van der Waals surface area contributed by atoms with Gasteiger partial charge in [-0.1, -0.05) is 29.8 Å². The Morgan fingerprint density at radius 3 is 2.31 bits per heavy atom. The van der Waals surface area contributed by atoms with Crippen LogP contribution in [0, 0.1) is 0 Å². The van der Waals surface area contributed by atoms with Crippen LogP contribution in [0.25, 0.3) is 10.9 Å². The second-order valence-electron chi connectivity index (χ2n) is 3.23. The Morgan fingerprint density at radius 2 is 1.69 bits per heavy atom. The van der Waals surface area contributed by atoms with E-state index in [4.69, 9.17) is 11.6 Å². The van der Waals surface area contributed by atoms with E-state index in [9.17, 15) is 0 Å². The second-order valence-corrected chi connectivity index (χ2v) is 3.67. The first-order valence-electron chi connectivity index (χ1n) is 4.94. The fourth-order valence-corrected chi connectivity index (χ4v) is 1.44. The summed E-state index contributed by atoms with van der Waals surface area (Å²) in [7, 11) is 0. The van der Waals surface area contributed by atoms with Crippen molar-refractivity contribution >= 4 is 22.5 Å². The van der Waals surface area contributed by atoms with E-state index in [1.54, 1.807) is 24.5 Å². The standard InChI is InChI=1S/C8H7N.C5H4ClN/c1-2-4-8-7(3-1)5-6-9-8;6-5-1-3-7-4-2-5/h1-6,9H;1-4H. The van der Waals surface area contributed by atoms with E-state index in [-0.39, 0.29) is 0 Å². The average Bonchev–Trinajstić information content (AvgIpc) is 2.79. The fraction of sp³-hybridized carbons (Fsp3) is 0. The summed E-state index contributed by atoms with van der Waals surface area (Å²) >= 11 is 5.50. The van der Waals surface area contributed by atoms with E-state index in [0.717, 1.165) is 5.02 Å². The van der Waals surface area contributed by atoms with Crippen LogP contribution in [0.1, 0.15) is 0 Å². The number of aromatic nitrogens is 2. The second kappa shape index (κ2) is 5.33. The summed E-state index contributed by atoms with van der Waals surface area (Å²) in [6.07, 6.45) is 5.26. The molecule has 1 aromatic carbocycles. The molecule has 0 fully saturated rings. The van der Waals surface area contributed by atoms with Crippen molar-refractivity contribution in [3.63, 3.8) is 0 Å². The molecule has 2 nitrogen and oxygen atoms in total. The quantitative estimate of drug-likeness (QED) is 0.623. The highest BCUT2D eigenvalue weighted by Crippen LogP contribution is 2.09. The number of rotatable bonds is 0. The van der Waals surface area contributed by atoms with Crippen LogP contribution < -0.4 is 0 Å². The van der Waals surface area contributed by atoms with Crippen LogP contribution in [0.5, 0.6) is 0 Å². The molecule has 0 aliphatic rings. The summed E-state index contributed by atoms with van der Waals surface area (Å²) in [5.74, 6) is 0. The molecule has 0 aliphatic carbocycles. The normalized spacial score (nSPS) is 9.56. The van der Waals surface area contributed by atoms with Crippen LogP contribution in [0.4, 0.5) is 0 Å². The van der Waals surface area contributed by atoms with Gasteiger partial charge < -0.3 is 4.98 Å². The van der Waals surface area contributed by atoms with Crippen LogP contribution in [-0.2, 0) is 0 Å². The summed E-state index contributed by atoms with van der Waals surface area (Å²) in [6, 6.07) is 13.8. The first-order chi connectivity index (χ1) is 7.86. The number of fused-ring (bicyclic) bond motifs is 1. The van der Waals surface area contributed by atoms with Gasteiger partial charge in [-0.25, -0.2) is 0 Å². The van der Waals surface area contributed by atoms with Crippen LogP contribution in [0.2, 0.25) is 5.02 Å². The van der Waals surface area contributed by atoms with Crippen molar-refractivity contribution in [3.05, 3.63) is 66.1 Å². The van der Waals surface area contributed by atoms with E-state index in [1.807, 2.05) is 18.3 Å². The molecule has 0 bridgehead atoms. The van der Waals surface area contributed by atoms with Crippen LogP contribution in [0.3, 0.4) is 0 Å². The molecule has 80 valence electrons. The minimum Gasteiger partial charge on any atom is -0.361 e. The summed E-state index contributed by atoms with van der Waals surface area (Å²) in [5, 5.41) is 2.01. The SMILES string of the molecule is Clc1ccncc1.c1ccc2[nH]ccc2c1. The van der Waals surface area contributed by atoms with Gasteiger partial charge in [-0.05, 0) is 29.7 Å². The van der Waals surface area contributed by atoms with Gasteiger partial charge in [0.15, 0.2) is 0 Å². The minimum atomic E-state index is 0.731. The third-order valence-corrected chi connectivity index (χ3v) is 2.35. The molecule has 0 radical (unpaired) electrons. The molecule has 0 unspecified atom stereocenters. The lowest BCUT2D eigenvalue weighted by molar-refractivity contribution is 1.33. The number of para-hydroxylation sites is 1. The van der Waals surface area contributed by atoms with Crippen LogP contribution in [-0.4, -0.2) is 9.97 Å². The van der Waals surface area contributed by atoms with E-state index in [2.05, 4.69) is 28.2 Å². The largest absolute Gasteiger partial charge is 0.361 e. The Balaban J connectivity index is 0.000000125. The third kappa shape index (κ3) is 2.84.